The first-order valence-electron chi connectivity index (χ1n) is 5.08. The molecule has 0 bridgehead atoms. The van der Waals surface area contributed by atoms with Gasteiger partial charge in [-0.2, -0.15) is 0 Å². The first-order chi connectivity index (χ1) is 7.31. The summed E-state index contributed by atoms with van der Waals surface area (Å²) < 4.78 is 18.3. The highest BCUT2D eigenvalue weighted by Crippen LogP contribution is 2.23. The number of fused-ring (bicyclic) bond motifs is 1. The molecule has 1 heterocycles. The van der Waals surface area contributed by atoms with Crippen molar-refractivity contribution in [2.45, 2.75) is 19.3 Å². The summed E-state index contributed by atoms with van der Waals surface area (Å²) in [5, 5.41) is 9.51. The van der Waals surface area contributed by atoms with E-state index in [4.69, 9.17) is 9.52 Å². The molecule has 0 radical (unpaired) electrons. The number of aliphatic hydroxyl groups excluding tert-OH is 1. The van der Waals surface area contributed by atoms with Gasteiger partial charge < -0.3 is 9.52 Å². The zero-order valence-corrected chi connectivity index (χ0v) is 8.37. The van der Waals surface area contributed by atoms with Gasteiger partial charge in [-0.25, -0.2) is 4.39 Å². The predicted molar refractivity (Wildman–Crippen MR) is 56.2 cm³/mol. The van der Waals surface area contributed by atoms with Gasteiger partial charge in [-0.15, -0.1) is 0 Å². The molecule has 1 N–H and O–H groups in total. The second kappa shape index (κ2) is 4.45. The van der Waals surface area contributed by atoms with Gasteiger partial charge in [0, 0.05) is 12.0 Å². The monoisotopic (exact) mass is 208 g/mol. The molecule has 0 aliphatic heterocycles. The van der Waals surface area contributed by atoms with Crippen LogP contribution in [0.3, 0.4) is 0 Å². The van der Waals surface area contributed by atoms with E-state index in [1.807, 2.05) is 0 Å². The van der Waals surface area contributed by atoms with Crippen molar-refractivity contribution >= 4 is 11.0 Å². The highest BCUT2D eigenvalue weighted by molar-refractivity contribution is 5.80. The van der Waals surface area contributed by atoms with Crippen molar-refractivity contribution in [2.75, 3.05) is 6.61 Å². The van der Waals surface area contributed by atoms with Crippen LogP contribution in [0.2, 0.25) is 0 Å². The molecule has 0 saturated heterocycles. The normalized spacial score (nSPS) is 11.1. The Morgan fingerprint density at radius 3 is 2.93 bits per heavy atom. The first kappa shape index (κ1) is 10.2. The molecule has 0 unspecified atom stereocenters. The quantitative estimate of drug-likeness (QED) is 0.784. The van der Waals surface area contributed by atoms with E-state index in [9.17, 15) is 4.39 Å². The number of hydrogen-bond acceptors (Lipinski definition) is 2. The second-order valence-corrected chi connectivity index (χ2v) is 3.58. The van der Waals surface area contributed by atoms with Gasteiger partial charge in [0.05, 0.1) is 6.26 Å². The Bertz CT molecular complexity index is 448. The van der Waals surface area contributed by atoms with Gasteiger partial charge in [0.1, 0.15) is 11.4 Å². The lowest BCUT2D eigenvalue weighted by atomic mass is 10.1. The Morgan fingerprint density at radius 2 is 2.13 bits per heavy atom. The highest BCUT2D eigenvalue weighted by atomic mass is 19.1. The lowest BCUT2D eigenvalue weighted by Gasteiger charge is -1.96. The van der Waals surface area contributed by atoms with Crippen molar-refractivity contribution in [3.63, 3.8) is 0 Å². The maximum absolute atomic E-state index is 13.0. The smallest absolute Gasteiger partial charge is 0.134 e. The van der Waals surface area contributed by atoms with E-state index in [2.05, 4.69) is 0 Å². The summed E-state index contributed by atoms with van der Waals surface area (Å²) in [6, 6.07) is 4.52. The Labute approximate surface area is 87.3 Å². The van der Waals surface area contributed by atoms with Crippen LogP contribution in [0, 0.1) is 5.82 Å². The Morgan fingerprint density at radius 1 is 1.27 bits per heavy atom. The molecule has 1 aromatic heterocycles. The maximum atomic E-state index is 13.0. The van der Waals surface area contributed by atoms with E-state index in [-0.39, 0.29) is 12.4 Å². The molecule has 0 fully saturated rings. The fraction of sp³-hybridized carbons (Fsp3) is 0.333. The van der Waals surface area contributed by atoms with Crippen LogP contribution in [-0.2, 0) is 6.42 Å². The van der Waals surface area contributed by atoms with E-state index >= 15 is 0 Å². The third-order valence-electron chi connectivity index (χ3n) is 2.47. The predicted octanol–water partition coefficient (Wildman–Crippen LogP) is 2.89. The van der Waals surface area contributed by atoms with Crippen molar-refractivity contribution in [1.82, 2.24) is 0 Å². The van der Waals surface area contributed by atoms with E-state index in [0.717, 1.165) is 35.8 Å². The average Bonchev–Trinajstić information content (AvgIpc) is 2.62. The number of furan rings is 1. The third kappa shape index (κ3) is 2.18. The van der Waals surface area contributed by atoms with E-state index in [1.165, 1.54) is 12.1 Å². The van der Waals surface area contributed by atoms with Crippen molar-refractivity contribution in [1.29, 1.82) is 0 Å². The van der Waals surface area contributed by atoms with Gasteiger partial charge >= 0.3 is 0 Å². The van der Waals surface area contributed by atoms with Gasteiger partial charge in [0.25, 0.3) is 0 Å². The molecular formula is C12H13FO2. The van der Waals surface area contributed by atoms with E-state index < -0.39 is 0 Å². The van der Waals surface area contributed by atoms with Gasteiger partial charge in [0.15, 0.2) is 0 Å². The largest absolute Gasteiger partial charge is 0.464 e. The number of aryl methyl sites for hydroxylation is 1. The maximum Gasteiger partial charge on any atom is 0.134 e. The molecule has 15 heavy (non-hydrogen) atoms. The molecule has 0 amide bonds. The average molecular weight is 208 g/mol. The molecular weight excluding hydrogens is 195 g/mol. The fourth-order valence-corrected chi connectivity index (χ4v) is 1.67. The van der Waals surface area contributed by atoms with Crippen LogP contribution < -0.4 is 0 Å². The number of halogens is 1. The van der Waals surface area contributed by atoms with Gasteiger partial charge in [0.2, 0.25) is 0 Å². The molecule has 0 aliphatic carbocycles. The van der Waals surface area contributed by atoms with Crippen LogP contribution in [0.5, 0.6) is 0 Å². The SMILES string of the molecule is OCCCCc1coc2ccc(F)cc12. The summed E-state index contributed by atoms with van der Waals surface area (Å²) in [5.74, 6) is -0.243. The standard InChI is InChI=1S/C12H13FO2/c13-10-4-5-12-11(7-10)9(8-15-12)3-1-2-6-14/h4-5,7-8,14H,1-3,6H2. The zero-order chi connectivity index (χ0) is 10.7. The van der Waals surface area contributed by atoms with Crippen LogP contribution in [-0.4, -0.2) is 11.7 Å². The Kier molecular flexibility index (Phi) is 3.02. The van der Waals surface area contributed by atoms with Gasteiger partial charge in [-0.05, 0) is 43.0 Å². The molecule has 2 aromatic rings. The zero-order valence-electron chi connectivity index (χ0n) is 8.37. The number of aliphatic hydroxyl groups is 1. The minimum absolute atomic E-state index is 0.199. The topological polar surface area (TPSA) is 33.4 Å². The van der Waals surface area contributed by atoms with Gasteiger partial charge in [-0.1, -0.05) is 0 Å². The molecule has 0 aliphatic rings. The molecule has 2 rings (SSSR count). The molecule has 0 saturated carbocycles. The molecule has 3 heteroatoms. The molecule has 0 atom stereocenters. The third-order valence-corrected chi connectivity index (χ3v) is 2.47. The van der Waals surface area contributed by atoms with Crippen LogP contribution in [0.4, 0.5) is 4.39 Å². The van der Waals surface area contributed by atoms with E-state index in [1.54, 1.807) is 12.3 Å². The molecule has 1 aromatic carbocycles. The van der Waals surface area contributed by atoms with E-state index in [0.29, 0.717) is 0 Å². The number of unbranched alkanes of at least 4 members (excludes halogenated alkanes) is 1. The summed E-state index contributed by atoms with van der Waals surface area (Å²) in [7, 11) is 0. The number of rotatable bonds is 4. The highest BCUT2D eigenvalue weighted by Gasteiger charge is 2.06. The minimum atomic E-state index is -0.243. The minimum Gasteiger partial charge on any atom is -0.464 e. The lowest BCUT2D eigenvalue weighted by molar-refractivity contribution is 0.284. The van der Waals surface area contributed by atoms with Crippen molar-refractivity contribution < 1.29 is 13.9 Å². The summed E-state index contributed by atoms with van der Waals surface area (Å²) >= 11 is 0. The Hall–Kier alpha value is -1.35. The van der Waals surface area contributed by atoms with Crippen LogP contribution in [0.15, 0.2) is 28.9 Å². The molecule has 2 nitrogen and oxygen atoms in total. The fourth-order valence-electron chi connectivity index (χ4n) is 1.67. The summed E-state index contributed by atoms with van der Waals surface area (Å²) in [5.41, 5.74) is 1.73. The van der Waals surface area contributed by atoms with Gasteiger partial charge in [-0.3, -0.25) is 0 Å². The molecule has 0 spiro atoms. The van der Waals surface area contributed by atoms with Crippen LogP contribution >= 0.6 is 0 Å². The first-order valence-corrected chi connectivity index (χ1v) is 5.08. The number of hydrogen-bond donors (Lipinski definition) is 1. The summed E-state index contributed by atoms with van der Waals surface area (Å²) in [6.45, 7) is 0.199. The van der Waals surface area contributed by atoms with Crippen molar-refractivity contribution in [2.24, 2.45) is 0 Å². The van der Waals surface area contributed by atoms with Crippen molar-refractivity contribution in [3.05, 3.63) is 35.8 Å². The summed E-state index contributed by atoms with van der Waals surface area (Å²) in [4.78, 5) is 0. The molecule has 80 valence electrons. The lowest BCUT2D eigenvalue weighted by Crippen LogP contribution is -1.87. The van der Waals surface area contributed by atoms with Crippen LogP contribution in [0.1, 0.15) is 18.4 Å². The second-order valence-electron chi connectivity index (χ2n) is 3.58. The summed E-state index contributed by atoms with van der Waals surface area (Å²) in [6.07, 6.45) is 4.14. The Balaban J connectivity index is 2.23. The van der Waals surface area contributed by atoms with Crippen LogP contribution in [0.25, 0.3) is 11.0 Å². The van der Waals surface area contributed by atoms with Crippen molar-refractivity contribution in [3.8, 4) is 0 Å². The number of benzene rings is 1.